The summed E-state index contributed by atoms with van der Waals surface area (Å²) in [6.45, 7) is 1.99. The normalized spacial score (nSPS) is 34.0. The van der Waals surface area contributed by atoms with Gasteiger partial charge in [-0.1, -0.05) is 18.2 Å². The Bertz CT molecular complexity index is 847. The van der Waals surface area contributed by atoms with Crippen LogP contribution in [0.5, 0.6) is 0 Å². The van der Waals surface area contributed by atoms with Crippen molar-refractivity contribution in [2.24, 2.45) is 23.6 Å². The third kappa shape index (κ3) is 2.40. The SMILES string of the molecule is NNC(=O)[C@@H]1[C@@H]2C[C@H]3Cc4[nH]c5ccccc5c4CN3C[C@@H]2CC[C@@H]1O. The molecule has 2 fully saturated rings. The molecule has 1 saturated heterocycles. The third-order valence-electron chi connectivity index (χ3n) is 6.99. The Labute approximate surface area is 152 Å². The third-order valence-corrected chi connectivity index (χ3v) is 6.99. The van der Waals surface area contributed by atoms with Crippen molar-refractivity contribution in [3.05, 3.63) is 35.5 Å². The predicted octanol–water partition coefficient (Wildman–Crippen LogP) is 1.29. The molecule has 1 aromatic carbocycles. The fourth-order valence-electron chi connectivity index (χ4n) is 5.76. The molecule has 6 nitrogen and oxygen atoms in total. The number of benzene rings is 1. The van der Waals surface area contributed by atoms with Gasteiger partial charge in [0.25, 0.3) is 0 Å². The molecule has 1 aromatic heterocycles. The quantitative estimate of drug-likeness (QED) is 0.353. The number of rotatable bonds is 1. The van der Waals surface area contributed by atoms with Gasteiger partial charge in [0.15, 0.2) is 0 Å². The van der Waals surface area contributed by atoms with E-state index in [0.29, 0.717) is 18.4 Å². The van der Waals surface area contributed by atoms with Crippen LogP contribution in [0, 0.1) is 17.8 Å². The second-order valence-electron chi connectivity index (χ2n) is 8.25. The van der Waals surface area contributed by atoms with Gasteiger partial charge in [-0.3, -0.25) is 15.1 Å². The Morgan fingerprint density at radius 2 is 2.15 bits per heavy atom. The number of piperidine rings is 1. The summed E-state index contributed by atoms with van der Waals surface area (Å²) in [5, 5.41) is 11.8. The highest BCUT2D eigenvalue weighted by Crippen LogP contribution is 2.45. The number of aliphatic hydroxyl groups is 1. The average Bonchev–Trinajstić information content (AvgIpc) is 3.01. The van der Waals surface area contributed by atoms with Crippen LogP contribution in [0.25, 0.3) is 10.9 Å². The number of fused-ring (bicyclic) bond motifs is 5. The highest BCUT2D eigenvalue weighted by molar-refractivity contribution is 5.85. The van der Waals surface area contributed by atoms with Crippen molar-refractivity contribution in [1.29, 1.82) is 0 Å². The van der Waals surface area contributed by atoms with Gasteiger partial charge in [-0.05, 0) is 42.7 Å². The summed E-state index contributed by atoms with van der Waals surface area (Å²) in [4.78, 5) is 18.5. The van der Waals surface area contributed by atoms with Crippen LogP contribution in [-0.4, -0.2) is 39.6 Å². The number of para-hydroxylation sites is 1. The smallest absolute Gasteiger partial charge is 0.239 e. The van der Waals surface area contributed by atoms with Crippen LogP contribution in [0.2, 0.25) is 0 Å². The average molecular weight is 354 g/mol. The predicted molar refractivity (Wildman–Crippen MR) is 98.9 cm³/mol. The maximum Gasteiger partial charge on any atom is 0.239 e. The van der Waals surface area contributed by atoms with Crippen molar-refractivity contribution in [2.75, 3.05) is 6.54 Å². The molecule has 5 rings (SSSR count). The molecule has 5 atom stereocenters. The Balaban J connectivity index is 1.45. The van der Waals surface area contributed by atoms with E-state index in [2.05, 4.69) is 39.6 Å². The van der Waals surface area contributed by atoms with Crippen molar-refractivity contribution in [3.8, 4) is 0 Å². The van der Waals surface area contributed by atoms with Crippen LogP contribution < -0.4 is 11.3 Å². The van der Waals surface area contributed by atoms with Gasteiger partial charge in [0.1, 0.15) is 0 Å². The minimum atomic E-state index is -0.571. The summed E-state index contributed by atoms with van der Waals surface area (Å²) >= 11 is 0. The lowest BCUT2D eigenvalue weighted by Gasteiger charge is -2.51. The molecule has 2 aliphatic heterocycles. The number of aromatic nitrogens is 1. The maximum atomic E-state index is 12.3. The number of aliphatic hydroxyl groups excluding tert-OH is 1. The molecule has 1 saturated carbocycles. The number of amides is 1. The van der Waals surface area contributed by atoms with Crippen LogP contribution in [0.3, 0.4) is 0 Å². The number of nitrogens with zero attached hydrogens (tertiary/aromatic N) is 1. The number of hydrogen-bond donors (Lipinski definition) is 4. The molecule has 5 N–H and O–H groups in total. The van der Waals surface area contributed by atoms with Gasteiger partial charge >= 0.3 is 0 Å². The number of nitrogens with two attached hydrogens (primary N) is 1. The highest BCUT2D eigenvalue weighted by Gasteiger charge is 2.48. The largest absolute Gasteiger partial charge is 0.392 e. The van der Waals surface area contributed by atoms with Gasteiger partial charge in [0.2, 0.25) is 5.91 Å². The molecule has 2 aromatic rings. The van der Waals surface area contributed by atoms with Crippen molar-refractivity contribution < 1.29 is 9.90 Å². The van der Waals surface area contributed by atoms with Gasteiger partial charge < -0.3 is 10.1 Å². The summed E-state index contributed by atoms with van der Waals surface area (Å²) in [5.74, 6) is 5.50. The number of hydrogen-bond acceptors (Lipinski definition) is 4. The number of hydrazine groups is 1. The van der Waals surface area contributed by atoms with E-state index in [0.717, 1.165) is 32.4 Å². The Morgan fingerprint density at radius 3 is 3.00 bits per heavy atom. The van der Waals surface area contributed by atoms with E-state index >= 15 is 0 Å². The molecule has 26 heavy (non-hydrogen) atoms. The van der Waals surface area contributed by atoms with Crippen molar-refractivity contribution >= 4 is 16.8 Å². The second kappa shape index (κ2) is 6.08. The van der Waals surface area contributed by atoms with Crippen LogP contribution in [0.15, 0.2) is 24.3 Å². The zero-order valence-electron chi connectivity index (χ0n) is 14.8. The van der Waals surface area contributed by atoms with Crippen molar-refractivity contribution in [2.45, 2.75) is 44.4 Å². The van der Waals surface area contributed by atoms with Gasteiger partial charge in [0.05, 0.1) is 12.0 Å². The molecular weight excluding hydrogens is 328 g/mol. The van der Waals surface area contributed by atoms with Gasteiger partial charge in [-0.15, -0.1) is 0 Å². The minimum Gasteiger partial charge on any atom is -0.392 e. The molecule has 0 radical (unpaired) electrons. The molecular formula is C20H26N4O2. The number of nitrogens with one attached hydrogen (secondary N) is 2. The monoisotopic (exact) mass is 354 g/mol. The number of aromatic amines is 1. The second-order valence-corrected chi connectivity index (χ2v) is 8.25. The van der Waals surface area contributed by atoms with E-state index in [1.165, 1.54) is 22.2 Å². The number of carbonyl (C=O) groups excluding carboxylic acids is 1. The first-order valence-corrected chi connectivity index (χ1v) is 9.66. The molecule has 6 heteroatoms. The molecule has 3 heterocycles. The van der Waals surface area contributed by atoms with Crippen LogP contribution in [0.1, 0.15) is 30.5 Å². The lowest BCUT2D eigenvalue weighted by Crippen LogP contribution is -2.57. The Hall–Kier alpha value is -1.89. The minimum absolute atomic E-state index is 0.206. The molecule has 0 spiro atoms. The standard InChI is InChI=1S/C20H26N4O2/c21-23-20(26)19-14-7-12-8-17-15(13-3-1-2-4-16(13)22-17)10-24(12)9-11(14)5-6-18(19)25/h1-4,11-12,14,18-19,22,25H,5-10,21H2,(H,23,26)/t11-,12-,14+,18-,19+/m0/s1. The fraction of sp³-hybridized carbons (Fsp3) is 0.550. The molecule has 3 aliphatic rings. The first-order valence-electron chi connectivity index (χ1n) is 9.66. The lowest BCUT2D eigenvalue weighted by molar-refractivity contribution is -0.139. The number of carbonyl (C=O) groups is 1. The van der Waals surface area contributed by atoms with E-state index in [1.807, 2.05) is 0 Å². The summed E-state index contributed by atoms with van der Waals surface area (Å²) in [6.07, 6.45) is 3.05. The topological polar surface area (TPSA) is 94.4 Å². The van der Waals surface area contributed by atoms with E-state index in [9.17, 15) is 9.90 Å². The molecule has 138 valence electrons. The molecule has 0 unspecified atom stereocenters. The van der Waals surface area contributed by atoms with E-state index in [1.54, 1.807) is 0 Å². The molecule has 1 aliphatic carbocycles. The highest BCUT2D eigenvalue weighted by atomic mass is 16.3. The zero-order chi connectivity index (χ0) is 17.8. The summed E-state index contributed by atoms with van der Waals surface area (Å²) in [7, 11) is 0. The number of H-pyrrole nitrogens is 1. The van der Waals surface area contributed by atoms with Gasteiger partial charge in [-0.2, -0.15) is 0 Å². The summed E-state index contributed by atoms with van der Waals surface area (Å²) in [6, 6.07) is 8.95. The van der Waals surface area contributed by atoms with Crippen molar-refractivity contribution in [3.63, 3.8) is 0 Å². The van der Waals surface area contributed by atoms with Gasteiger partial charge in [-0.25, -0.2) is 5.84 Å². The maximum absolute atomic E-state index is 12.3. The Morgan fingerprint density at radius 1 is 1.31 bits per heavy atom. The summed E-state index contributed by atoms with van der Waals surface area (Å²) < 4.78 is 0. The first kappa shape index (κ1) is 16.3. The van der Waals surface area contributed by atoms with Gasteiger partial charge in [0, 0.05) is 42.1 Å². The first-order chi connectivity index (χ1) is 12.7. The van der Waals surface area contributed by atoms with Crippen LogP contribution >= 0.6 is 0 Å². The van der Waals surface area contributed by atoms with Crippen LogP contribution in [0.4, 0.5) is 0 Å². The molecule has 0 bridgehead atoms. The Kier molecular flexibility index (Phi) is 3.81. The van der Waals surface area contributed by atoms with E-state index in [4.69, 9.17) is 5.84 Å². The van der Waals surface area contributed by atoms with Crippen LogP contribution in [-0.2, 0) is 17.8 Å². The molecule has 1 amide bonds. The van der Waals surface area contributed by atoms with E-state index in [-0.39, 0.29) is 17.7 Å². The summed E-state index contributed by atoms with van der Waals surface area (Å²) in [5.41, 5.74) is 6.27. The van der Waals surface area contributed by atoms with E-state index < -0.39 is 6.10 Å². The zero-order valence-corrected chi connectivity index (χ0v) is 14.8. The fourth-order valence-corrected chi connectivity index (χ4v) is 5.76. The lowest BCUT2D eigenvalue weighted by atomic mass is 9.64. The van der Waals surface area contributed by atoms with Crippen molar-refractivity contribution in [1.82, 2.24) is 15.3 Å².